The minimum atomic E-state index is 0.124. The summed E-state index contributed by atoms with van der Waals surface area (Å²) >= 11 is 0. The molecule has 0 saturated carbocycles. The second-order valence-electron chi connectivity index (χ2n) is 5.41. The van der Waals surface area contributed by atoms with Crippen molar-refractivity contribution in [2.45, 2.75) is 0 Å². The molecule has 0 heterocycles. The van der Waals surface area contributed by atoms with Gasteiger partial charge >= 0.3 is 5.96 Å². The zero-order chi connectivity index (χ0) is 15.5. The van der Waals surface area contributed by atoms with Crippen LogP contribution in [0.25, 0.3) is 16.8 Å². The third-order valence-electron chi connectivity index (χ3n) is 3.84. The lowest BCUT2D eigenvalue weighted by atomic mass is 9.88. The first-order valence-corrected chi connectivity index (χ1v) is 7.37. The number of guanidine groups is 1. The molecule has 0 fully saturated rings. The number of ketones is 1. The minimum Gasteiger partial charge on any atom is -0.340 e. The van der Waals surface area contributed by atoms with E-state index in [0.29, 0.717) is 13.1 Å². The van der Waals surface area contributed by atoms with Gasteiger partial charge in [-0.15, -0.1) is 0 Å². The van der Waals surface area contributed by atoms with E-state index in [1.54, 1.807) is 0 Å². The summed E-state index contributed by atoms with van der Waals surface area (Å²) in [6, 6.07) is 12.0. The summed E-state index contributed by atoms with van der Waals surface area (Å²) in [6.07, 6.45) is 2.00. The number of benzene rings is 2. The molecule has 2 aromatic carbocycles. The number of Topliss-reactive ketones (excluding diaryl/α,β-unsaturated/α-hetero) is 1. The highest BCUT2D eigenvalue weighted by atomic mass is 16.1. The van der Waals surface area contributed by atoms with Crippen LogP contribution in [0, 0.1) is 0 Å². The first kappa shape index (κ1) is 14.3. The molecule has 3 rings (SSSR count). The van der Waals surface area contributed by atoms with E-state index in [2.05, 4.69) is 16.4 Å². The second kappa shape index (κ2) is 5.99. The summed E-state index contributed by atoms with van der Waals surface area (Å²) in [6.45, 7) is 2.13. The van der Waals surface area contributed by atoms with E-state index in [9.17, 15) is 4.79 Å². The Kier molecular flexibility index (Phi) is 3.89. The van der Waals surface area contributed by atoms with Crippen molar-refractivity contribution in [2.24, 2.45) is 11.5 Å². The lowest BCUT2D eigenvalue weighted by molar-refractivity contribution is -0.670. The van der Waals surface area contributed by atoms with Crippen LogP contribution in [0.4, 0.5) is 0 Å². The normalized spacial score (nSPS) is 13.1. The van der Waals surface area contributed by atoms with Crippen LogP contribution in [0.3, 0.4) is 0 Å². The topological polar surface area (TPSA) is 99.7 Å². The average Bonchev–Trinajstić information content (AvgIpc) is 2.51. The lowest BCUT2D eigenvalue weighted by Crippen LogP contribution is -2.92. The highest BCUT2D eigenvalue weighted by Crippen LogP contribution is 2.30. The summed E-state index contributed by atoms with van der Waals surface area (Å²) in [5.74, 6) is 0.348. The van der Waals surface area contributed by atoms with Gasteiger partial charge in [-0.1, -0.05) is 36.4 Å². The summed E-state index contributed by atoms with van der Waals surface area (Å²) < 4.78 is 0. The van der Waals surface area contributed by atoms with Gasteiger partial charge in [0.1, 0.15) is 19.6 Å². The third kappa shape index (κ3) is 2.71. The number of quaternary nitrogens is 1. The van der Waals surface area contributed by atoms with Crippen molar-refractivity contribution in [3.8, 4) is 0 Å². The van der Waals surface area contributed by atoms with Crippen molar-refractivity contribution >= 4 is 28.6 Å². The summed E-state index contributed by atoms with van der Waals surface area (Å²) in [5.41, 5.74) is 13.4. The second-order valence-corrected chi connectivity index (χ2v) is 5.41. The van der Waals surface area contributed by atoms with Crippen LogP contribution in [0.2, 0.25) is 0 Å². The van der Waals surface area contributed by atoms with E-state index in [-0.39, 0.29) is 11.7 Å². The van der Waals surface area contributed by atoms with Gasteiger partial charge in [-0.2, -0.15) is 0 Å². The molecule has 7 N–H and O–H groups in total. The first-order chi connectivity index (χ1) is 10.7. The highest BCUT2D eigenvalue weighted by Gasteiger charge is 2.22. The molecule has 1 aliphatic rings. The molecule has 0 amide bonds. The van der Waals surface area contributed by atoms with E-state index in [1.807, 2.05) is 36.4 Å². The SMILES string of the molecule is NC(N)=[NH+]CC[NH2+]CC1=Cc2cccc3cccc(c23)C1=O. The third-order valence-corrected chi connectivity index (χ3v) is 3.84. The smallest absolute Gasteiger partial charge is 0.338 e. The van der Waals surface area contributed by atoms with Gasteiger partial charge in [0.15, 0.2) is 5.78 Å². The van der Waals surface area contributed by atoms with E-state index < -0.39 is 0 Å². The summed E-state index contributed by atoms with van der Waals surface area (Å²) in [4.78, 5) is 15.5. The molecular weight excluding hydrogens is 276 g/mol. The summed E-state index contributed by atoms with van der Waals surface area (Å²) in [7, 11) is 0. The molecule has 0 aliphatic heterocycles. The minimum absolute atomic E-state index is 0.124. The van der Waals surface area contributed by atoms with E-state index in [4.69, 9.17) is 11.5 Å². The van der Waals surface area contributed by atoms with Crippen molar-refractivity contribution in [1.29, 1.82) is 0 Å². The molecule has 0 aromatic heterocycles. The Morgan fingerprint density at radius 2 is 1.91 bits per heavy atom. The fourth-order valence-corrected chi connectivity index (χ4v) is 2.83. The number of nitrogens with one attached hydrogen (secondary N) is 1. The van der Waals surface area contributed by atoms with Gasteiger partial charge in [0, 0.05) is 10.9 Å². The number of carbonyl (C=O) groups excluding carboxylic acids is 1. The van der Waals surface area contributed by atoms with E-state index >= 15 is 0 Å². The number of hydrogen-bond acceptors (Lipinski definition) is 1. The predicted molar refractivity (Wildman–Crippen MR) is 87.1 cm³/mol. The molecule has 0 radical (unpaired) electrons. The fraction of sp³-hybridized carbons (Fsp3) is 0.176. The van der Waals surface area contributed by atoms with Gasteiger partial charge in [0.25, 0.3) is 0 Å². The van der Waals surface area contributed by atoms with Crippen LogP contribution in [0.5, 0.6) is 0 Å². The fourth-order valence-electron chi connectivity index (χ4n) is 2.83. The van der Waals surface area contributed by atoms with Crippen molar-refractivity contribution < 1.29 is 15.1 Å². The largest absolute Gasteiger partial charge is 0.340 e. The van der Waals surface area contributed by atoms with Crippen LogP contribution in [0.1, 0.15) is 15.9 Å². The van der Waals surface area contributed by atoms with Crippen molar-refractivity contribution in [1.82, 2.24) is 0 Å². The van der Waals surface area contributed by atoms with Crippen LogP contribution in [-0.4, -0.2) is 31.4 Å². The van der Waals surface area contributed by atoms with E-state index in [0.717, 1.165) is 34.0 Å². The lowest BCUT2D eigenvalue weighted by Gasteiger charge is -2.16. The van der Waals surface area contributed by atoms with Gasteiger partial charge in [-0.25, -0.2) is 0 Å². The number of hydrogen-bond donors (Lipinski definition) is 4. The monoisotopic (exact) mass is 296 g/mol. The van der Waals surface area contributed by atoms with Gasteiger partial charge in [-0.3, -0.25) is 21.3 Å². The Bertz CT molecular complexity index is 783. The van der Waals surface area contributed by atoms with E-state index in [1.165, 1.54) is 0 Å². The Labute approximate surface area is 128 Å². The molecule has 0 saturated heterocycles. The van der Waals surface area contributed by atoms with Gasteiger partial charge in [0.05, 0.1) is 5.57 Å². The molecular formula is C17H20N4O+2. The first-order valence-electron chi connectivity index (χ1n) is 7.37. The van der Waals surface area contributed by atoms with Crippen molar-refractivity contribution in [3.63, 3.8) is 0 Å². The van der Waals surface area contributed by atoms with Gasteiger partial charge in [0.2, 0.25) is 0 Å². The Morgan fingerprint density at radius 3 is 2.68 bits per heavy atom. The maximum Gasteiger partial charge on any atom is 0.338 e. The predicted octanol–water partition coefficient (Wildman–Crippen LogP) is -1.66. The molecule has 0 bridgehead atoms. The van der Waals surface area contributed by atoms with Crippen molar-refractivity contribution in [3.05, 3.63) is 53.1 Å². The average molecular weight is 296 g/mol. The zero-order valence-electron chi connectivity index (χ0n) is 12.3. The number of nitrogens with two attached hydrogens (primary N) is 3. The van der Waals surface area contributed by atoms with Gasteiger partial charge in [-0.05, 0) is 17.0 Å². The Morgan fingerprint density at radius 1 is 1.14 bits per heavy atom. The zero-order valence-corrected chi connectivity index (χ0v) is 12.3. The molecule has 1 aliphatic carbocycles. The summed E-state index contributed by atoms with van der Waals surface area (Å²) in [5, 5.41) is 4.25. The highest BCUT2D eigenvalue weighted by molar-refractivity contribution is 6.22. The molecule has 0 unspecified atom stereocenters. The molecule has 112 valence electrons. The Hall–Kier alpha value is -2.66. The molecule has 0 spiro atoms. The van der Waals surface area contributed by atoms with Crippen LogP contribution >= 0.6 is 0 Å². The maximum atomic E-state index is 12.6. The molecule has 22 heavy (non-hydrogen) atoms. The quantitative estimate of drug-likeness (QED) is 0.302. The van der Waals surface area contributed by atoms with Crippen molar-refractivity contribution in [2.75, 3.05) is 19.6 Å². The number of rotatable bonds is 5. The molecule has 0 atom stereocenters. The molecule has 5 nitrogen and oxygen atoms in total. The van der Waals surface area contributed by atoms with Crippen LogP contribution in [-0.2, 0) is 0 Å². The molecule has 5 heteroatoms. The number of carbonyl (C=O) groups is 1. The van der Waals surface area contributed by atoms with Gasteiger partial charge < -0.3 is 5.32 Å². The maximum absolute atomic E-state index is 12.6. The van der Waals surface area contributed by atoms with Crippen LogP contribution in [0.15, 0.2) is 42.0 Å². The standard InChI is InChI=1S/C17H18N4O/c18-17(19)21-8-7-20-10-13-9-12-5-1-3-11-4-2-6-14(15(11)12)16(13)22/h1-6,9,20H,7-8,10H2,(H4,18,19,21)/p+2. The Balaban J connectivity index is 1.80. The van der Waals surface area contributed by atoms with Crippen LogP contribution < -0.4 is 21.8 Å². The molecule has 2 aromatic rings.